The standard InChI is InChI=1S/C23H21ClFN5O2/c1-4-32-21-11-19-16(10-20(21)29-22(31)7-8-30(2)3)23(14(12-26)13-27-19)28-15-5-6-18(25)17(24)9-15/h5-11,13H,4H2,1-3H3,(H,27,28)(H,29,31). The first kappa shape index (κ1) is 22.8. The van der Waals surface area contributed by atoms with Crippen molar-refractivity contribution >= 4 is 45.5 Å². The SMILES string of the molecule is CCOc1cc2ncc(C#N)c(Nc3ccc(F)c(Cl)c3)c2cc1NC(=O)C=CN(C)C. The summed E-state index contributed by atoms with van der Waals surface area (Å²) in [6, 6.07) is 9.64. The molecule has 0 fully saturated rings. The molecule has 32 heavy (non-hydrogen) atoms. The zero-order valence-electron chi connectivity index (χ0n) is 17.7. The lowest BCUT2D eigenvalue weighted by atomic mass is 10.1. The molecule has 3 aromatic rings. The largest absolute Gasteiger partial charge is 0.492 e. The van der Waals surface area contributed by atoms with Crippen molar-refractivity contribution in [1.82, 2.24) is 9.88 Å². The normalized spacial score (nSPS) is 10.8. The van der Waals surface area contributed by atoms with Crippen molar-refractivity contribution in [3.05, 3.63) is 65.2 Å². The van der Waals surface area contributed by atoms with Crippen LogP contribution in [0.4, 0.5) is 21.5 Å². The molecule has 0 saturated carbocycles. The van der Waals surface area contributed by atoms with Crippen LogP contribution in [0.15, 0.2) is 48.8 Å². The summed E-state index contributed by atoms with van der Waals surface area (Å²) in [6.07, 6.45) is 4.45. The van der Waals surface area contributed by atoms with E-state index in [1.165, 1.54) is 30.5 Å². The van der Waals surface area contributed by atoms with Gasteiger partial charge in [0, 0.05) is 49.7 Å². The molecule has 0 unspecified atom stereocenters. The predicted octanol–water partition coefficient (Wildman–Crippen LogP) is 5.06. The van der Waals surface area contributed by atoms with Gasteiger partial charge in [0.05, 0.1) is 34.1 Å². The van der Waals surface area contributed by atoms with E-state index in [1.807, 2.05) is 6.92 Å². The summed E-state index contributed by atoms with van der Waals surface area (Å²) in [6.45, 7) is 2.22. The van der Waals surface area contributed by atoms with Gasteiger partial charge < -0.3 is 20.3 Å². The average Bonchev–Trinajstić information content (AvgIpc) is 2.76. The Morgan fingerprint density at radius 3 is 2.78 bits per heavy atom. The molecule has 0 saturated heterocycles. The van der Waals surface area contributed by atoms with Crippen molar-refractivity contribution in [2.24, 2.45) is 0 Å². The summed E-state index contributed by atoms with van der Waals surface area (Å²) in [5.41, 5.74) is 2.18. The molecule has 9 heteroatoms. The topological polar surface area (TPSA) is 90.3 Å². The van der Waals surface area contributed by atoms with Crippen molar-refractivity contribution in [2.75, 3.05) is 31.3 Å². The highest BCUT2D eigenvalue weighted by molar-refractivity contribution is 6.31. The fraction of sp³-hybridized carbons (Fsp3) is 0.174. The maximum atomic E-state index is 13.6. The van der Waals surface area contributed by atoms with Gasteiger partial charge >= 0.3 is 0 Å². The second kappa shape index (κ2) is 9.98. The zero-order chi connectivity index (χ0) is 23.3. The van der Waals surface area contributed by atoms with Crippen molar-refractivity contribution in [2.45, 2.75) is 6.92 Å². The number of ether oxygens (including phenoxy) is 1. The minimum absolute atomic E-state index is 0.0499. The van der Waals surface area contributed by atoms with Crippen molar-refractivity contribution < 1.29 is 13.9 Å². The van der Waals surface area contributed by atoms with Gasteiger partial charge in [-0.1, -0.05) is 11.6 Å². The van der Waals surface area contributed by atoms with Gasteiger partial charge in [0.1, 0.15) is 17.6 Å². The number of nitriles is 1. The quantitative estimate of drug-likeness (QED) is 0.486. The van der Waals surface area contributed by atoms with Crippen LogP contribution in [0.25, 0.3) is 10.9 Å². The van der Waals surface area contributed by atoms with E-state index in [0.29, 0.717) is 40.3 Å². The summed E-state index contributed by atoms with van der Waals surface area (Å²) in [5, 5.41) is 16.0. The van der Waals surface area contributed by atoms with E-state index in [4.69, 9.17) is 16.3 Å². The first-order chi connectivity index (χ1) is 15.3. The molecule has 2 aromatic carbocycles. The third-order valence-electron chi connectivity index (χ3n) is 4.36. The van der Waals surface area contributed by atoms with Crippen molar-refractivity contribution in [3.63, 3.8) is 0 Å². The molecule has 0 aliphatic carbocycles. The van der Waals surface area contributed by atoms with E-state index in [1.54, 1.807) is 37.3 Å². The Hall–Kier alpha value is -3.83. The molecule has 0 bridgehead atoms. The highest BCUT2D eigenvalue weighted by Crippen LogP contribution is 2.36. The summed E-state index contributed by atoms with van der Waals surface area (Å²) in [4.78, 5) is 18.4. The molecule has 2 N–H and O–H groups in total. The van der Waals surface area contributed by atoms with Gasteiger partial charge in [0.15, 0.2) is 0 Å². The number of pyridine rings is 1. The molecule has 7 nitrogen and oxygen atoms in total. The van der Waals surface area contributed by atoms with Crippen LogP contribution in [0, 0.1) is 17.1 Å². The van der Waals surface area contributed by atoms with Crippen LogP contribution in [0.5, 0.6) is 5.75 Å². The highest BCUT2D eigenvalue weighted by atomic mass is 35.5. The van der Waals surface area contributed by atoms with Crippen LogP contribution in [0.3, 0.4) is 0 Å². The zero-order valence-corrected chi connectivity index (χ0v) is 18.5. The predicted molar refractivity (Wildman–Crippen MR) is 124 cm³/mol. The van der Waals surface area contributed by atoms with Crippen molar-refractivity contribution in [3.8, 4) is 11.8 Å². The number of benzene rings is 2. The van der Waals surface area contributed by atoms with E-state index in [2.05, 4.69) is 21.7 Å². The molecule has 1 heterocycles. The lowest BCUT2D eigenvalue weighted by molar-refractivity contribution is -0.112. The third-order valence-corrected chi connectivity index (χ3v) is 4.65. The van der Waals surface area contributed by atoms with Gasteiger partial charge in [0.25, 0.3) is 0 Å². The van der Waals surface area contributed by atoms with Crippen LogP contribution < -0.4 is 15.4 Å². The number of fused-ring (bicyclic) bond motifs is 1. The Kier molecular flexibility index (Phi) is 7.13. The smallest absolute Gasteiger partial charge is 0.249 e. The van der Waals surface area contributed by atoms with Crippen LogP contribution >= 0.6 is 11.6 Å². The summed E-state index contributed by atoms with van der Waals surface area (Å²) in [5.74, 6) is -0.447. The number of aromatic nitrogens is 1. The van der Waals surface area contributed by atoms with Crippen LogP contribution in [0.1, 0.15) is 12.5 Å². The maximum Gasteiger partial charge on any atom is 0.249 e. The summed E-state index contributed by atoms with van der Waals surface area (Å²) in [7, 11) is 3.61. The minimum atomic E-state index is -0.547. The van der Waals surface area contributed by atoms with Gasteiger partial charge in [-0.3, -0.25) is 9.78 Å². The number of hydrogen-bond donors (Lipinski definition) is 2. The molecule has 0 radical (unpaired) electrons. The van der Waals surface area contributed by atoms with Crippen LogP contribution in [0.2, 0.25) is 5.02 Å². The second-order valence-corrected chi connectivity index (χ2v) is 7.39. The lowest BCUT2D eigenvalue weighted by Crippen LogP contribution is -2.12. The molecule has 0 aliphatic heterocycles. The van der Waals surface area contributed by atoms with Gasteiger partial charge in [-0.05, 0) is 31.2 Å². The van der Waals surface area contributed by atoms with E-state index in [9.17, 15) is 14.4 Å². The van der Waals surface area contributed by atoms with E-state index in [-0.39, 0.29) is 16.5 Å². The fourth-order valence-electron chi connectivity index (χ4n) is 2.92. The summed E-state index contributed by atoms with van der Waals surface area (Å²) < 4.78 is 19.2. The van der Waals surface area contributed by atoms with Gasteiger partial charge in [-0.25, -0.2) is 4.39 Å². The van der Waals surface area contributed by atoms with Crippen LogP contribution in [-0.4, -0.2) is 36.5 Å². The number of carbonyl (C=O) groups excluding carboxylic acids is 1. The molecular weight excluding hydrogens is 433 g/mol. The molecule has 0 aliphatic rings. The maximum absolute atomic E-state index is 13.6. The minimum Gasteiger partial charge on any atom is -0.492 e. The first-order valence-corrected chi connectivity index (χ1v) is 10.1. The Morgan fingerprint density at radius 2 is 2.12 bits per heavy atom. The Balaban J connectivity index is 2.12. The molecule has 0 atom stereocenters. The van der Waals surface area contributed by atoms with E-state index < -0.39 is 5.82 Å². The molecule has 164 valence electrons. The molecular formula is C23H21ClFN5O2. The van der Waals surface area contributed by atoms with Crippen LogP contribution in [-0.2, 0) is 4.79 Å². The molecule has 0 spiro atoms. The van der Waals surface area contributed by atoms with E-state index in [0.717, 1.165) is 0 Å². The molecule has 1 aromatic heterocycles. The monoisotopic (exact) mass is 453 g/mol. The summed E-state index contributed by atoms with van der Waals surface area (Å²) >= 11 is 5.90. The number of carbonyl (C=O) groups is 1. The molecule has 1 amide bonds. The van der Waals surface area contributed by atoms with E-state index >= 15 is 0 Å². The molecule has 3 rings (SSSR count). The Bertz CT molecular complexity index is 1240. The number of nitrogens with one attached hydrogen (secondary N) is 2. The highest BCUT2D eigenvalue weighted by Gasteiger charge is 2.15. The number of hydrogen-bond acceptors (Lipinski definition) is 6. The number of amides is 1. The van der Waals surface area contributed by atoms with Gasteiger partial charge in [-0.15, -0.1) is 0 Å². The first-order valence-electron chi connectivity index (χ1n) is 9.69. The second-order valence-electron chi connectivity index (χ2n) is 6.98. The number of nitrogens with zero attached hydrogens (tertiary/aromatic N) is 3. The average molecular weight is 454 g/mol. The number of rotatable bonds is 7. The third kappa shape index (κ3) is 5.25. The fourth-order valence-corrected chi connectivity index (χ4v) is 3.10. The van der Waals surface area contributed by atoms with Crippen molar-refractivity contribution in [1.29, 1.82) is 5.26 Å². The number of anilines is 3. The lowest BCUT2D eigenvalue weighted by Gasteiger charge is -2.16. The Morgan fingerprint density at radius 1 is 1.34 bits per heavy atom. The Labute approximate surface area is 190 Å². The van der Waals surface area contributed by atoms with Gasteiger partial charge in [0.2, 0.25) is 5.91 Å². The number of halogens is 2. The van der Waals surface area contributed by atoms with Gasteiger partial charge in [-0.2, -0.15) is 5.26 Å².